The molecule has 0 heterocycles. The van der Waals surface area contributed by atoms with Gasteiger partial charge in [-0.2, -0.15) is 0 Å². The van der Waals surface area contributed by atoms with Gasteiger partial charge >= 0.3 is 12.0 Å². The van der Waals surface area contributed by atoms with E-state index in [0.29, 0.717) is 13.2 Å². The van der Waals surface area contributed by atoms with E-state index >= 15 is 0 Å². The first-order chi connectivity index (χ1) is 8.45. The van der Waals surface area contributed by atoms with Crippen molar-refractivity contribution in [1.82, 2.24) is 16.0 Å². The van der Waals surface area contributed by atoms with Gasteiger partial charge in [-0.1, -0.05) is 0 Å². The van der Waals surface area contributed by atoms with Crippen LogP contribution in [0.25, 0.3) is 0 Å². The molecule has 0 saturated heterocycles. The van der Waals surface area contributed by atoms with E-state index in [1.807, 2.05) is 6.92 Å². The van der Waals surface area contributed by atoms with Gasteiger partial charge < -0.3 is 25.8 Å². The van der Waals surface area contributed by atoms with Crippen molar-refractivity contribution in [3.05, 3.63) is 0 Å². The van der Waals surface area contributed by atoms with E-state index in [1.165, 1.54) is 0 Å². The van der Waals surface area contributed by atoms with Crippen molar-refractivity contribution >= 4 is 17.9 Å². The summed E-state index contributed by atoms with van der Waals surface area (Å²) >= 11 is 0. The van der Waals surface area contributed by atoms with Crippen LogP contribution in [0.1, 0.15) is 13.8 Å². The Labute approximate surface area is 105 Å². The maximum absolute atomic E-state index is 11.3. The SMILES string of the molecule is CCOCC(C)NC(=O)NCC(=O)NCC(=O)O. The van der Waals surface area contributed by atoms with Crippen LogP contribution in [0.3, 0.4) is 0 Å². The zero-order chi connectivity index (χ0) is 14.0. The first-order valence-corrected chi connectivity index (χ1v) is 5.56. The van der Waals surface area contributed by atoms with Crippen LogP contribution in [0.2, 0.25) is 0 Å². The smallest absolute Gasteiger partial charge is 0.322 e. The summed E-state index contributed by atoms with van der Waals surface area (Å²) in [4.78, 5) is 32.5. The second kappa shape index (κ2) is 9.23. The maximum atomic E-state index is 11.3. The van der Waals surface area contributed by atoms with Gasteiger partial charge in [-0.15, -0.1) is 0 Å². The number of hydrogen-bond acceptors (Lipinski definition) is 4. The number of rotatable bonds is 8. The zero-order valence-corrected chi connectivity index (χ0v) is 10.5. The quantitative estimate of drug-likeness (QED) is 0.443. The molecule has 1 atom stereocenters. The number of ether oxygens (including phenoxy) is 1. The van der Waals surface area contributed by atoms with Gasteiger partial charge in [0, 0.05) is 6.61 Å². The van der Waals surface area contributed by atoms with Crippen molar-refractivity contribution in [2.75, 3.05) is 26.3 Å². The van der Waals surface area contributed by atoms with Crippen molar-refractivity contribution in [2.24, 2.45) is 0 Å². The predicted octanol–water partition coefficient (Wildman–Crippen LogP) is -1.09. The number of aliphatic carboxylic acids is 1. The summed E-state index contributed by atoms with van der Waals surface area (Å²) in [5, 5.41) is 15.3. The van der Waals surface area contributed by atoms with Gasteiger partial charge in [-0.25, -0.2) is 4.79 Å². The molecule has 104 valence electrons. The lowest BCUT2D eigenvalue weighted by Gasteiger charge is -2.14. The molecule has 0 fully saturated rings. The molecule has 0 radical (unpaired) electrons. The molecule has 0 aliphatic heterocycles. The van der Waals surface area contributed by atoms with Gasteiger partial charge in [0.25, 0.3) is 0 Å². The molecule has 0 aliphatic carbocycles. The van der Waals surface area contributed by atoms with Crippen molar-refractivity contribution in [1.29, 1.82) is 0 Å². The fourth-order valence-corrected chi connectivity index (χ4v) is 1.01. The van der Waals surface area contributed by atoms with E-state index in [2.05, 4.69) is 16.0 Å². The molecule has 0 aliphatic rings. The average Bonchev–Trinajstić information content (AvgIpc) is 2.31. The molecule has 1 unspecified atom stereocenters. The molecule has 0 bridgehead atoms. The Hall–Kier alpha value is -1.83. The Morgan fingerprint density at radius 3 is 2.44 bits per heavy atom. The van der Waals surface area contributed by atoms with E-state index in [9.17, 15) is 14.4 Å². The first-order valence-electron chi connectivity index (χ1n) is 5.56. The van der Waals surface area contributed by atoms with Crippen molar-refractivity contribution in [3.8, 4) is 0 Å². The highest BCUT2D eigenvalue weighted by molar-refractivity contribution is 5.86. The van der Waals surface area contributed by atoms with Gasteiger partial charge in [0.2, 0.25) is 5.91 Å². The molecule has 18 heavy (non-hydrogen) atoms. The van der Waals surface area contributed by atoms with Crippen molar-refractivity contribution in [3.63, 3.8) is 0 Å². The van der Waals surface area contributed by atoms with E-state index < -0.39 is 24.5 Å². The summed E-state index contributed by atoms with van der Waals surface area (Å²) in [7, 11) is 0. The van der Waals surface area contributed by atoms with Crippen molar-refractivity contribution in [2.45, 2.75) is 19.9 Å². The molecular formula is C10H19N3O5. The molecule has 0 aromatic rings. The number of carbonyl (C=O) groups excluding carboxylic acids is 2. The van der Waals surface area contributed by atoms with Crippen LogP contribution < -0.4 is 16.0 Å². The highest BCUT2D eigenvalue weighted by atomic mass is 16.5. The molecule has 0 spiro atoms. The number of carboxylic acid groups (broad SMARTS) is 1. The van der Waals surface area contributed by atoms with Gasteiger partial charge in [-0.05, 0) is 13.8 Å². The van der Waals surface area contributed by atoms with Crippen LogP contribution in [0.4, 0.5) is 4.79 Å². The number of amides is 3. The Morgan fingerprint density at radius 2 is 1.89 bits per heavy atom. The fraction of sp³-hybridized carbons (Fsp3) is 0.700. The molecule has 0 aromatic heterocycles. The molecule has 3 amide bonds. The summed E-state index contributed by atoms with van der Waals surface area (Å²) in [6, 6.07) is -0.681. The normalized spacial score (nSPS) is 11.4. The van der Waals surface area contributed by atoms with Gasteiger partial charge in [-0.3, -0.25) is 9.59 Å². The van der Waals surface area contributed by atoms with Gasteiger partial charge in [0.1, 0.15) is 6.54 Å². The van der Waals surface area contributed by atoms with Gasteiger partial charge in [0.05, 0.1) is 19.2 Å². The second-order valence-electron chi connectivity index (χ2n) is 3.56. The van der Waals surface area contributed by atoms with E-state index in [1.54, 1.807) is 6.92 Å². The second-order valence-corrected chi connectivity index (χ2v) is 3.56. The van der Waals surface area contributed by atoms with Crippen LogP contribution in [0, 0.1) is 0 Å². The lowest BCUT2D eigenvalue weighted by atomic mass is 10.4. The van der Waals surface area contributed by atoms with Gasteiger partial charge in [0.15, 0.2) is 0 Å². The molecule has 0 aromatic carbocycles. The highest BCUT2D eigenvalue weighted by Crippen LogP contribution is 1.83. The fourth-order valence-electron chi connectivity index (χ4n) is 1.01. The zero-order valence-electron chi connectivity index (χ0n) is 10.5. The van der Waals surface area contributed by atoms with Crippen molar-refractivity contribution < 1.29 is 24.2 Å². The molecular weight excluding hydrogens is 242 g/mol. The molecule has 8 nitrogen and oxygen atoms in total. The number of carbonyl (C=O) groups is 3. The molecule has 4 N–H and O–H groups in total. The summed E-state index contributed by atoms with van der Waals surface area (Å²) in [6.45, 7) is 3.81. The van der Waals surface area contributed by atoms with Crippen LogP contribution in [0.15, 0.2) is 0 Å². The number of nitrogens with one attached hydrogen (secondary N) is 3. The largest absolute Gasteiger partial charge is 0.480 e. The summed E-state index contributed by atoms with van der Waals surface area (Å²) in [5.41, 5.74) is 0. The number of carboxylic acids is 1. The van der Waals surface area contributed by atoms with Crippen LogP contribution in [0.5, 0.6) is 0 Å². The average molecular weight is 261 g/mol. The predicted molar refractivity (Wildman–Crippen MR) is 63.1 cm³/mol. The first kappa shape index (κ1) is 16.2. The number of urea groups is 1. The standard InChI is InChI=1S/C10H19N3O5/c1-3-18-6-7(2)13-10(17)12-4-8(14)11-5-9(15)16/h7H,3-6H2,1-2H3,(H,11,14)(H,15,16)(H2,12,13,17). The van der Waals surface area contributed by atoms with Crippen LogP contribution in [-0.4, -0.2) is 55.4 Å². The molecule has 0 rings (SSSR count). The number of hydrogen-bond donors (Lipinski definition) is 4. The topological polar surface area (TPSA) is 117 Å². The van der Waals surface area contributed by atoms with Crippen LogP contribution >= 0.6 is 0 Å². The lowest BCUT2D eigenvalue weighted by Crippen LogP contribution is -2.46. The minimum atomic E-state index is -1.14. The molecule has 0 saturated carbocycles. The summed E-state index contributed by atoms with van der Waals surface area (Å²) in [6.07, 6.45) is 0. The monoisotopic (exact) mass is 261 g/mol. The van der Waals surface area contributed by atoms with E-state index in [-0.39, 0.29) is 12.6 Å². The summed E-state index contributed by atoms with van der Waals surface area (Å²) in [5.74, 6) is -1.71. The van der Waals surface area contributed by atoms with E-state index in [4.69, 9.17) is 9.84 Å². The third-order valence-corrected chi connectivity index (χ3v) is 1.80. The Balaban J connectivity index is 3.69. The third-order valence-electron chi connectivity index (χ3n) is 1.80. The Bertz CT molecular complexity index is 295. The van der Waals surface area contributed by atoms with Crippen LogP contribution in [-0.2, 0) is 14.3 Å². The Kier molecular flexibility index (Phi) is 8.29. The highest BCUT2D eigenvalue weighted by Gasteiger charge is 2.09. The minimum Gasteiger partial charge on any atom is -0.480 e. The minimum absolute atomic E-state index is 0.174. The summed E-state index contributed by atoms with van der Waals surface area (Å²) < 4.78 is 5.10. The molecule has 8 heteroatoms. The van der Waals surface area contributed by atoms with E-state index in [0.717, 1.165) is 0 Å². The maximum Gasteiger partial charge on any atom is 0.322 e. The third kappa shape index (κ3) is 9.40. The Morgan fingerprint density at radius 1 is 1.22 bits per heavy atom. The lowest BCUT2D eigenvalue weighted by molar-refractivity contribution is -0.137.